The van der Waals surface area contributed by atoms with Gasteiger partial charge in [0.1, 0.15) is 10.8 Å². The van der Waals surface area contributed by atoms with Gasteiger partial charge in [-0.3, -0.25) is 9.59 Å². The van der Waals surface area contributed by atoms with Gasteiger partial charge in [0.15, 0.2) is 17.8 Å². The largest absolute Gasteiger partial charge is 0.493 e. The second kappa shape index (κ2) is 15.9. The summed E-state index contributed by atoms with van der Waals surface area (Å²) in [5, 5.41) is 0.879. The molecule has 1 amide bonds. The summed E-state index contributed by atoms with van der Waals surface area (Å²) >= 11 is 1.42. The first kappa shape index (κ1) is 34.6. The molecule has 1 saturated carbocycles. The SMILES string of the molecule is CC.COc1cc(C(=O)N2CCN(C)CC2)cc(OC)c1OC.Cc1c(C=O)sc2c1C(=C1CC1)N(Cc1ccccc1F)C=N2. The van der Waals surface area contributed by atoms with Crippen molar-refractivity contribution in [2.75, 3.05) is 54.6 Å². The molecule has 2 aromatic carbocycles. The van der Waals surface area contributed by atoms with Crippen LogP contribution in [0, 0.1) is 12.7 Å². The van der Waals surface area contributed by atoms with Crippen LogP contribution in [0.15, 0.2) is 47.0 Å². The second-order valence-electron chi connectivity index (χ2n) is 10.8. The number of rotatable bonds is 7. The van der Waals surface area contributed by atoms with Gasteiger partial charge in [-0.2, -0.15) is 0 Å². The van der Waals surface area contributed by atoms with E-state index in [1.807, 2.05) is 36.6 Å². The molecule has 0 unspecified atom stereocenters. The fourth-order valence-electron chi connectivity index (χ4n) is 5.33. The van der Waals surface area contributed by atoms with Crippen LogP contribution in [0.25, 0.3) is 5.70 Å². The normalized spacial score (nSPS) is 15.2. The predicted octanol–water partition coefficient (Wildman–Crippen LogP) is 6.81. The molecule has 0 N–H and O–H groups in total. The molecule has 3 heterocycles. The van der Waals surface area contributed by atoms with Crippen molar-refractivity contribution >= 4 is 40.6 Å². The quantitative estimate of drug-likeness (QED) is 0.260. The molecule has 3 aliphatic rings. The average molecular weight is 651 g/mol. The zero-order valence-corrected chi connectivity index (χ0v) is 28.5. The number of piperazine rings is 1. The lowest BCUT2D eigenvalue weighted by Crippen LogP contribution is -2.47. The van der Waals surface area contributed by atoms with Crippen LogP contribution < -0.4 is 14.2 Å². The zero-order chi connectivity index (χ0) is 33.4. The molecule has 1 aliphatic carbocycles. The van der Waals surface area contributed by atoms with Crippen molar-refractivity contribution in [3.8, 4) is 17.2 Å². The van der Waals surface area contributed by atoms with Gasteiger partial charge in [-0.1, -0.05) is 32.0 Å². The van der Waals surface area contributed by atoms with E-state index >= 15 is 0 Å². The van der Waals surface area contributed by atoms with E-state index in [1.54, 1.807) is 51.9 Å². The number of ether oxygens (including phenoxy) is 3. The average Bonchev–Trinajstić information content (AvgIpc) is 3.88. The Balaban J connectivity index is 0.000000199. The number of carbonyl (C=O) groups is 2. The summed E-state index contributed by atoms with van der Waals surface area (Å²) in [6, 6.07) is 10.2. The number of thiophene rings is 1. The molecule has 1 aromatic heterocycles. The first-order valence-electron chi connectivity index (χ1n) is 15.4. The van der Waals surface area contributed by atoms with E-state index in [-0.39, 0.29) is 11.7 Å². The van der Waals surface area contributed by atoms with Gasteiger partial charge in [-0.15, -0.1) is 11.3 Å². The van der Waals surface area contributed by atoms with Crippen molar-refractivity contribution in [1.29, 1.82) is 0 Å². The van der Waals surface area contributed by atoms with Gasteiger partial charge in [0.05, 0.1) is 44.8 Å². The summed E-state index contributed by atoms with van der Waals surface area (Å²) in [5.41, 5.74) is 5.68. The fourth-order valence-corrected chi connectivity index (χ4v) is 6.29. The number of hydrogen-bond acceptors (Lipinski definition) is 9. The van der Waals surface area contributed by atoms with Gasteiger partial charge in [0.25, 0.3) is 5.91 Å². The Kier molecular flexibility index (Phi) is 11.9. The van der Waals surface area contributed by atoms with Crippen molar-refractivity contribution in [2.45, 2.75) is 40.2 Å². The molecule has 0 spiro atoms. The Morgan fingerprint density at radius 2 is 1.63 bits per heavy atom. The van der Waals surface area contributed by atoms with Crippen LogP contribution in [-0.2, 0) is 6.54 Å². The standard InChI is InChI=1S/C18H15FN2OS.C15H22N2O4.C2H6/c1-11-15(9-22)23-18-16(11)17(12-6-7-12)21(10-20-18)8-13-4-2-3-5-14(13)19;1-16-5-7-17(8-6-16)15(18)11-9-12(19-2)14(21-4)13(10-11)20-3;1-2/h2-5,9-10H,6-8H2,1H3;9-10H,5-8H2,1-4H3;1-2H3. The van der Waals surface area contributed by atoms with E-state index in [0.717, 1.165) is 72.0 Å². The molecule has 1 saturated heterocycles. The van der Waals surface area contributed by atoms with Crippen LogP contribution in [0.3, 0.4) is 0 Å². The van der Waals surface area contributed by atoms with Gasteiger partial charge in [-0.25, -0.2) is 9.38 Å². The number of allylic oxidation sites excluding steroid dienone is 1. The number of aldehydes is 1. The first-order valence-corrected chi connectivity index (χ1v) is 16.2. The highest BCUT2D eigenvalue weighted by Gasteiger charge is 2.31. The summed E-state index contributed by atoms with van der Waals surface area (Å²) in [4.78, 5) is 35.1. The number of carbonyl (C=O) groups excluding carboxylic acids is 2. The van der Waals surface area contributed by atoms with Crippen LogP contribution in [-0.4, -0.2) is 87.8 Å². The van der Waals surface area contributed by atoms with Crippen molar-refractivity contribution < 1.29 is 28.2 Å². The van der Waals surface area contributed by atoms with Crippen molar-refractivity contribution in [1.82, 2.24) is 14.7 Å². The first-order chi connectivity index (χ1) is 22.3. The molecule has 11 heteroatoms. The van der Waals surface area contributed by atoms with Crippen LogP contribution in [0.1, 0.15) is 63.4 Å². The molecule has 0 bridgehead atoms. The van der Waals surface area contributed by atoms with Crippen molar-refractivity contribution in [3.63, 3.8) is 0 Å². The Labute approximate surface area is 274 Å². The van der Waals surface area contributed by atoms with E-state index < -0.39 is 0 Å². The van der Waals surface area contributed by atoms with E-state index in [4.69, 9.17) is 14.2 Å². The van der Waals surface area contributed by atoms with E-state index in [0.29, 0.717) is 34.9 Å². The predicted molar refractivity (Wildman–Crippen MR) is 182 cm³/mol. The number of fused-ring (bicyclic) bond motifs is 1. The number of benzene rings is 2. The maximum Gasteiger partial charge on any atom is 0.254 e. The topological polar surface area (TPSA) is 83.9 Å². The Morgan fingerprint density at radius 1 is 1.00 bits per heavy atom. The third-order valence-electron chi connectivity index (χ3n) is 7.95. The van der Waals surface area contributed by atoms with Gasteiger partial charge >= 0.3 is 0 Å². The zero-order valence-electron chi connectivity index (χ0n) is 27.7. The smallest absolute Gasteiger partial charge is 0.254 e. The second-order valence-corrected chi connectivity index (χ2v) is 11.8. The van der Waals surface area contributed by atoms with Gasteiger partial charge in [0.2, 0.25) is 5.75 Å². The number of hydrogen-bond donors (Lipinski definition) is 0. The Hall–Kier alpha value is -4.22. The lowest BCUT2D eigenvalue weighted by molar-refractivity contribution is 0.0663. The minimum atomic E-state index is -0.206. The number of nitrogens with zero attached hydrogens (tertiary/aromatic N) is 4. The summed E-state index contributed by atoms with van der Waals surface area (Å²) in [6.07, 6.45) is 4.77. The molecule has 6 rings (SSSR count). The lowest BCUT2D eigenvalue weighted by Gasteiger charge is -2.32. The monoisotopic (exact) mass is 650 g/mol. The van der Waals surface area contributed by atoms with Gasteiger partial charge in [-0.05, 0) is 56.1 Å². The number of methoxy groups -OCH3 is 3. The van der Waals surface area contributed by atoms with Crippen LogP contribution >= 0.6 is 11.3 Å². The molecule has 2 aliphatic heterocycles. The summed E-state index contributed by atoms with van der Waals surface area (Å²) in [7, 11) is 6.69. The van der Waals surface area contributed by atoms with Gasteiger partial charge < -0.3 is 28.9 Å². The van der Waals surface area contributed by atoms with Crippen LogP contribution in [0.5, 0.6) is 17.2 Å². The minimum Gasteiger partial charge on any atom is -0.493 e. The highest BCUT2D eigenvalue weighted by molar-refractivity contribution is 7.18. The highest BCUT2D eigenvalue weighted by Crippen LogP contribution is 2.48. The summed E-state index contributed by atoms with van der Waals surface area (Å²) < 4.78 is 29.8. The van der Waals surface area contributed by atoms with E-state index in [2.05, 4.69) is 16.9 Å². The Bertz CT molecular complexity index is 1580. The molecule has 46 heavy (non-hydrogen) atoms. The molecule has 9 nitrogen and oxygen atoms in total. The molecule has 0 atom stereocenters. The lowest BCUT2D eigenvalue weighted by atomic mass is 10.0. The Morgan fingerprint density at radius 3 is 2.17 bits per heavy atom. The van der Waals surface area contributed by atoms with Crippen LogP contribution in [0.2, 0.25) is 0 Å². The van der Waals surface area contributed by atoms with Crippen LogP contribution in [0.4, 0.5) is 9.39 Å². The third-order valence-corrected chi connectivity index (χ3v) is 9.07. The maximum absolute atomic E-state index is 14.0. The molecule has 0 radical (unpaired) electrons. The highest BCUT2D eigenvalue weighted by atomic mass is 32.1. The molecular formula is C35H43FN4O5S. The van der Waals surface area contributed by atoms with E-state index in [1.165, 1.54) is 23.0 Å². The minimum absolute atomic E-state index is 0.0117. The summed E-state index contributed by atoms with van der Waals surface area (Å²) in [6.45, 7) is 9.63. The number of likely N-dealkylation sites (N-methyl/N-ethyl adjacent to an activating group) is 1. The number of amides is 1. The van der Waals surface area contributed by atoms with Gasteiger partial charge in [0, 0.05) is 42.9 Å². The molecule has 3 aromatic rings. The molecular weight excluding hydrogens is 607 g/mol. The molecule has 2 fully saturated rings. The fraction of sp³-hybridized carbons (Fsp3) is 0.400. The van der Waals surface area contributed by atoms with Crippen molar-refractivity contribution in [3.05, 3.63) is 74.9 Å². The molecule has 246 valence electrons. The maximum atomic E-state index is 14.0. The van der Waals surface area contributed by atoms with E-state index in [9.17, 15) is 14.0 Å². The third kappa shape index (κ3) is 7.59. The number of aliphatic imine (C=N–C) groups is 1. The summed E-state index contributed by atoms with van der Waals surface area (Å²) in [5.74, 6) is 1.27. The number of halogens is 1. The van der Waals surface area contributed by atoms with Crippen molar-refractivity contribution in [2.24, 2.45) is 4.99 Å².